The van der Waals surface area contributed by atoms with Crippen LogP contribution in [0.2, 0.25) is 0 Å². The van der Waals surface area contributed by atoms with Crippen LogP contribution < -0.4 is 5.32 Å². The Balaban J connectivity index is 0.00000288. The molecule has 0 radical (unpaired) electrons. The van der Waals surface area contributed by atoms with Crippen molar-refractivity contribution < 1.29 is 20.5 Å². The van der Waals surface area contributed by atoms with Crippen molar-refractivity contribution in [3.05, 3.63) is 35.9 Å². The fraction of sp³-hybridized carbons (Fsp3) is 0.471. The maximum atomic E-state index is 12.5. The molecular formula is C17H24N2O4. The Labute approximate surface area is 137 Å². The minimum atomic E-state index is -0.894. The van der Waals surface area contributed by atoms with Crippen LogP contribution in [-0.4, -0.2) is 42.0 Å². The van der Waals surface area contributed by atoms with Crippen molar-refractivity contribution in [1.82, 2.24) is 10.2 Å². The first kappa shape index (κ1) is 17.0. The van der Waals surface area contributed by atoms with E-state index in [2.05, 4.69) is 5.32 Å². The highest BCUT2D eigenvalue weighted by Gasteiger charge is 2.45. The molecule has 2 rings (SSSR count). The molecule has 1 heterocycles. The van der Waals surface area contributed by atoms with Crippen molar-refractivity contribution in [2.24, 2.45) is 5.92 Å². The average molecular weight is 320 g/mol. The molecular weight excluding hydrogens is 296 g/mol. The second-order valence-corrected chi connectivity index (χ2v) is 5.95. The molecule has 2 atom stereocenters. The Hall–Kier alpha value is -2.37. The average Bonchev–Trinajstić information content (AvgIpc) is 2.81. The number of hydrogen-bond acceptors (Lipinski definition) is 4. The molecule has 3 amide bonds. The number of benzene rings is 1. The van der Waals surface area contributed by atoms with E-state index >= 15 is 0 Å². The fourth-order valence-electron chi connectivity index (χ4n) is 2.76. The van der Waals surface area contributed by atoms with Gasteiger partial charge >= 0.3 is 12.0 Å². The van der Waals surface area contributed by atoms with Crippen LogP contribution in [0, 0.1) is 5.92 Å². The van der Waals surface area contributed by atoms with Gasteiger partial charge in [-0.15, -0.1) is 0 Å². The second-order valence-electron chi connectivity index (χ2n) is 5.95. The van der Waals surface area contributed by atoms with E-state index in [9.17, 15) is 14.4 Å². The van der Waals surface area contributed by atoms with E-state index in [0.29, 0.717) is 12.8 Å². The van der Waals surface area contributed by atoms with Crippen LogP contribution in [0.4, 0.5) is 4.79 Å². The third kappa shape index (κ3) is 3.70. The Bertz CT molecular complexity index is 592. The minimum Gasteiger partial charge on any atom is -0.467 e. The lowest BCUT2D eigenvalue weighted by atomic mass is 10.0. The SMILES string of the molecule is COC(=O)[C@@H](C(C)C)N1C(=O)N[C@@H](CCc2ccccc2)C1=O.[HH]. The van der Waals surface area contributed by atoms with Gasteiger partial charge in [0.15, 0.2) is 0 Å². The molecule has 1 fully saturated rings. The van der Waals surface area contributed by atoms with Crippen LogP contribution in [0.15, 0.2) is 30.3 Å². The molecule has 0 aliphatic carbocycles. The normalized spacial score (nSPS) is 19.0. The molecule has 1 aromatic carbocycles. The smallest absolute Gasteiger partial charge is 0.329 e. The highest BCUT2D eigenvalue weighted by atomic mass is 16.5. The van der Waals surface area contributed by atoms with Crippen molar-refractivity contribution in [2.45, 2.75) is 38.8 Å². The van der Waals surface area contributed by atoms with Gasteiger partial charge in [0.2, 0.25) is 0 Å². The van der Waals surface area contributed by atoms with Crippen LogP contribution >= 0.6 is 0 Å². The number of ether oxygens (including phenoxy) is 1. The number of nitrogens with one attached hydrogen (secondary N) is 1. The van der Waals surface area contributed by atoms with E-state index < -0.39 is 24.1 Å². The zero-order valence-corrected chi connectivity index (χ0v) is 13.6. The van der Waals surface area contributed by atoms with Crippen molar-refractivity contribution >= 4 is 17.9 Å². The van der Waals surface area contributed by atoms with Gasteiger partial charge in [-0.05, 0) is 24.3 Å². The number of carbonyl (C=O) groups is 3. The van der Waals surface area contributed by atoms with Gasteiger partial charge < -0.3 is 10.1 Å². The maximum absolute atomic E-state index is 12.5. The molecule has 1 aromatic rings. The molecule has 1 aliphatic rings. The predicted molar refractivity (Wildman–Crippen MR) is 86.7 cm³/mol. The maximum Gasteiger partial charge on any atom is 0.329 e. The molecule has 0 spiro atoms. The monoisotopic (exact) mass is 320 g/mol. The third-order valence-electron chi connectivity index (χ3n) is 3.97. The summed E-state index contributed by atoms with van der Waals surface area (Å²) >= 11 is 0. The van der Waals surface area contributed by atoms with Gasteiger partial charge in [-0.2, -0.15) is 0 Å². The summed E-state index contributed by atoms with van der Waals surface area (Å²) in [4.78, 5) is 37.6. The van der Waals surface area contributed by atoms with Gasteiger partial charge in [-0.1, -0.05) is 44.2 Å². The number of urea groups is 1. The van der Waals surface area contributed by atoms with Crippen LogP contribution in [0.3, 0.4) is 0 Å². The quantitative estimate of drug-likeness (QED) is 0.642. The number of imide groups is 1. The minimum absolute atomic E-state index is 0. The summed E-state index contributed by atoms with van der Waals surface area (Å²) in [5, 5.41) is 2.67. The Morgan fingerprint density at radius 2 is 1.96 bits per heavy atom. The van der Waals surface area contributed by atoms with E-state index in [1.54, 1.807) is 13.8 Å². The number of nitrogens with zero attached hydrogens (tertiary/aromatic N) is 1. The highest BCUT2D eigenvalue weighted by molar-refractivity contribution is 6.07. The number of aryl methyl sites for hydroxylation is 1. The molecule has 0 bridgehead atoms. The summed E-state index contributed by atoms with van der Waals surface area (Å²) in [5.41, 5.74) is 1.10. The standard InChI is InChI=1S/C17H22N2O4.H2/c1-11(2)14(16(21)23-3)19-15(20)13(18-17(19)22)10-9-12-7-5-4-6-8-12;/h4-8,11,13-14H,9-10H2,1-3H3,(H,18,22);1H/t13-,14+;/m0./s1. The van der Waals surface area contributed by atoms with E-state index in [-0.39, 0.29) is 13.3 Å². The number of esters is 1. The lowest BCUT2D eigenvalue weighted by Gasteiger charge is -2.26. The van der Waals surface area contributed by atoms with Crippen LogP contribution in [0.5, 0.6) is 0 Å². The number of hydrogen-bond donors (Lipinski definition) is 1. The summed E-state index contributed by atoms with van der Waals surface area (Å²) in [5.74, 6) is -1.16. The molecule has 0 saturated carbocycles. The van der Waals surface area contributed by atoms with Gasteiger partial charge in [0.05, 0.1) is 7.11 Å². The molecule has 0 unspecified atom stereocenters. The number of rotatable bonds is 6. The molecule has 1 aliphatic heterocycles. The zero-order chi connectivity index (χ0) is 17.0. The summed E-state index contributed by atoms with van der Waals surface area (Å²) in [6, 6.07) is 7.72. The highest BCUT2D eigenvalue weighted by Crippen LogP contribution is 2.20. The van der Waals surface area contributed by atoms with Crippen LogP contribution in [-0.2, 0) is 20.7 Å². The van der Waals surface area contributed by atoms with E-state index in [1.807, 2.05) is 30.3 Å². The first-order valence-electron chi connectivity index (χ1n) is 7.71. The lowest BCUT2D eigenvalue weighted by Crippen LogP contribution is -2.49. The van der Waals surface area contributed by atoms with E-state index in [1.165, 1.54) is 7.11 Å². The summed E-state index contributed by atoms with van der Waals surface area (Å²) < 4.78 is 4.73. The molecule has 1 saturated heterocycles. The first-order chi connectivity index (χ1) is 11.0. The Morgan fingerprint density at radius 1 is 1.30 bits per heavy atom. The van der Waals surface area contributed by atoms with Gasteiger partial charge in [0.1, 0.15) is 12.1 Å². The van der Waals surface area contributed by atoms with Gasteiger partial charge in [0, 0.05) is 1.43 Å². The molecule has 126 valence electrons. The molecule has 23 heavy (non-hydrogen) atoms. The van der Waals surface area contributed by atoms with Gasteiger partial charge in [-0.3, -0.25) is 4.79 Å². The van der Waals surface area contributed by atoms with Crippen molar-refractivity contribution in [2.75, 3.05) is 7.11 Å². The Morgan fingerprint density at radius 3 is 2.52 bits per heavy atom. The van der Waals surface area contributed by atoms with Crippen LogP contribution in [0.25, 0.3) is 0 Å². The molecule has 1 N–H and O–H groups in total. The molecule has 6 nitrogen and oxygen atoms in total. The lowest BCUT2D eigenvalue weighted by molar-refractivity contribution is -0.151. The van der Waals surface area contributed by atoms with Crippen molar-refractivity contribution in [1.29, 1.82) is 0 Å². The third-order valence-corrected chi connectivity index (χ3v) is 3.97. The summed E-state index contributed by atoms with van der Waals surface area (Å²) in [6.07, 6.45) is 1.17. The number of methoxy groups -OCH3 is 1. The number of amides is 3. The Kier molecular flexibility index (Phi) is 5.36. The predicted octanol–water partition coefficient (Wildman–Crippen LogP) is 1.98. The van der Waals surface area contributed by atoms with Crippen molar-refractivity contribution in [3.8, 4) is 0 Å². The van der Waals surface area contributed by atoms with E-state index in [4.69, 9.17) is 4.74 Å². The molecule has 6 heteroatoms. The van der Waals surface area contributed by atoms with Gasteiger partial charge in [-0.25, -0.2) is 14.5 Å². The zero-order valence-electron chi connectivity index (χ0n) is 13.6. The largest absolute Gasteiger partial charge is 0.467 e. The second kappa shape index (κ2) is 7.26. The summed E-state index contributed by atoms with van der Waals surface area (Å²) in [6.45, 7) is 3.55. The molecule has 0 aromatic heterocycles. The topological polar surface area (TPSA) is 75.7 Å². The van der Waals surface area contributed by atoms with Gasteiger partial charge in [0.25, 0.3) is 5.91 Å². The number of carbonyl (C=O) groups excluding carboxylic acids is 3. The van der Waals surface area contributed by atoms with Crippen LogP contribution in [0.1, 0.15) is 27.3 Å². The fourth-order valence-corrected chi connectivity index (χ4v) is 2.76. The summed E-state index contributed by atoms with van der Waals surface area (Å²) in [7, 11) is 1.25. The van der Waals surface area contributed by atoms with E-state index in [0.717, 1.165) is 10.5 Å². The van der Waals surface area contributed by atoms with Crippen molar-refractivity contribution in [3.63, 3.8) is 0 Å². The first-order valence-corrected chi connectivity index (χ1v) is 7.71.